The van der Waals surface area contributed by atoms with Crippen LogP contribution in [0, 0.1) is 0 Å². The molecular formula is C17H17NO4. The summed E-state index contributed by atoms with van der Waals surface area (Å²) in [7, 11) is 0. The Balaban J connectivity index is 1.78. The molecule has 0 aromatic heterocycles. The molecule has 0 unspecified atom stereocenters. The van der Waals surface area contributed by atoms with E-state index >= 15 is 0 Å². The van der Waals surface area contributed by atoms with E-state index in [2.05, 4.69) is 29.7 Å². The predicted molar refractivity (Wildman–Crippen MR) is 81.3 cm³/mol. The number of carboxylic acid groups (broad SMARTS) is 1. The van der Waals surface area contributed by atoms with Crippen LogP contribution in [-0.2, 0) is 9.63 Å². The van der Waals surface area contributed by atoms with Crippen molar-refractivity contribution in [1.82, 2.24) is 5.48 Å². The second-order valence-corrected chi connectivity index (χ2v) is 5.23. The number of hydroxylamine groups is 1. The summed E-state index contributed by atoms with van der Waals surface area (Å²) in [5.41, 5.74) is 7.11. The molecule has 1 atom stereocenters. The summed E-state index contributed by atoms with van der Waals surface area (Å²) in [5.74, 6) is -1.09. The highest BCUT2D eigenvalue weighted by Crippen LogP contribution is 2.44. The van der Waals surface area contributed by atoms with Crippen molar-refractivity contribution in [1.29, 1.82) is 0 Å². The Morgan fingerprint density at radius 2 is 1.64 bits per heavy atom. The lowest BCUT2D eigenvalue weighted by atomic mass is 9.98. The van der Waals surface area contributed by atoms with Gasteiger partial charge in [0.15, 0.2) is 6.04 Å². The van der Waals surface area contributed by atoms with Crippen LogP contribution in [0.4, 0.5) is 0 Å². The van der Waals surface area contributed by atoms with Crippen molar-refractivity contribution in [3.63, 3.8) is 0 Å². The Morgan fingerprint density at radius 3 is 2.14 bits per heavy atom. The van der Waals surface area contributed by atoms with E-state index < -0.39 is 18.6 Å². The first-order chi connectivity index (χ1) is 10.7. The number of aliphatic carboxylic acids is 1. The molecule has 0 radical (unpaired) electrons. The normalized spacial score (nSPS) is 14.4. The zero-order valence-electron chi connectivity index (χ0n) is 11.9. The van der Waals surface area contributed by atoms with Gasteiger partial charge in [-0.25, -0.2) is 0 Å². The van der Waals surface area contributed by atoms with Crippen LogP contribution in [0.1, 0.15) is 17.0 Å². The summed E-state index contributed by atoms with van der Waals surface area (Å²) in [5, 5.41) is 17.9. The van der Waals surface area contributed by atoms with Gasteiger partial charge in [0.2, 0.25) is 0 Å². The molecule has 0 amide bonds. The van der Waals surface area contributed by atoms with E-state index in [9.17, 15) is 4.79 Å². The first-order valence-electron chi connectivity index (χ1n) is 7.11. The van der Waals surface area contributed by atoms with E-state index in [1.54, 1.807) is 0 Å². The highest BCUT2D eigenvalue weighted by Gasteiger charge is 2.28. The molecule has 1 aliphatic carbocycles. The SMILES string of the molecule is O=C(O)[C@H](CO)NOCC1c2ccccc2-c2ccccc21. The molecule has 3 rings (SSSR count). The van der Waals surface area contributed by atoms with Crippen molar-refractivity contribution < 1.29 is 19.8 Å². The largest absolute Gasteiger partial charge is 0.480 e. The van der Waals surface area contributed by atoms with Crippen molar-refractivity contribution >= 4 is 5.97 Å². The number of aliphatic hydroxyl groups is 1. The van der Waals surface area contributed by atoms with E-state index in [1.807, 2.05) is 24.3 Å². The van der Waals surface area contributed by atoms with Crippen LogP contribution in [0.25, 0.3) is 11.1 Å². The summed E-state index contributed by atoms with van der Waals surface area (Å²) in [4.78, 5) is 16.2. The lowest BCUT2D eigenvalue weighted by Crippen LogP contribution is -2.40. The predicted octanol–water partition coefficient (Wildman–Crippen LogP) is 1.77. The van der Waals surface area contributed by atoms with E-state index in [0.717, 1.165) is 0 Å². The van der Waals surface area contributed by atoms with Gasteiger partial charge in [-0.1, -0.05) is 48.5 Å². The molecule has 0 aliphatic heterocycles. The van der Waals surface area contributed by atoms with Crippen LogP contribution in [-0.4, -0.2) is 35.4 Å². The minimum Gasteiger partial charge on any atom is -0.480 e. The fraction of sp³-hybridized carbons (Fsp3) is 0.235. The standard InChI is InChI=1S/C17H17NO4/c19-9-16(17(20)21)18-22-10-15-13-7-3-1-5-11(13)12-6-2-4-8-14(12)15/h1-8,15-16,18-19H,9-10H2,(H,20,21)/t16-/m0/s1. The van der Waals surface area contributed by atoms with Gasteiger partial charge < -0.3 is 10.2 Å². The van der Waals surface area contributed by atoms with Crippen LogP contribution >= 0.6 is 0 Å². The van der Waals surface area contributed by atoms with Crippen molar-refractivity contribution in [3.05, 3.63) is 59.7 Å². The molecule has 0 heterocycles. The average molecular weight is 299 g/mol. The molecule has 114 valence electrons. The number of nitrogens with one attached hydrogen (secondary N) is 1. The van der Waals surface area contributed by atoms with Crippen LogP contribution in [0.2, 0.25) is 0 Å². The van der Waals surface area contributed by atoms with Crippen molar-refractivity contribution in [2.75, 3.05) is 13.2 Å². The topological polar surface area (TPSA) is 78.8 Å². The molecule has 0 saturated heterocycles. The summed E-state index contributed by atoms with van der Waals surface area (Å²) in [6.07, 6.45) is 0. The third kappa shape index (κ3) is 2.62. The van der Waals surface area contributed by atoms with Gasteiger partial charge in [0, 0.05) is 5.92 Å². The van der Waals surface area contributed by atoms with Gasteiger partial charge >= 0.3 is 5.97 Å². The quantitative estimate of drug-likeness (QED) is 0.708. The second kappa shape index (κ2) is 6.27. The maximum atomic E-state index is 10.9. The van der Waals surface area contributed by atoms with Crippen LogP contribution < -0.4 is 5.48 Å². The molecule has 22 heavy (non-hydrogen) atoms. The van der Waals surface area contributed by atoms with Crippen molar-refractivity contribution in [3.8, 4) is 11.1 Å². The Kier molecular flexibility index (Phi) is 4.20. The summed E-state index contributed by atoms with van der Waals surface area (Å²) in [6.45, 7) is -0.217. The number of rotatable bonds is 6. The summed E-state index contributed by atoms with van der Waals surface area (Å²) >= 11 is 0. The molecular weight excluding hydrogens is 282 g/mol. The number of carboxylic acids is 1. The van der Waals surface area contributed by atoms with E-state index in [1.165, 1.54) is 22.3 Å². The molecule has 2 aromatic carbocycles. The molecule has 2 aromatic rings. The van der Waals surface area contributed by atoms with Crippen molar-refractivity contribution in [2.24, 2.45) is 0 Å². The van der Waals surface area contributed by atoms with Gasteiger partial charge in [-0.2, -0.15) is 5.48 Å². The fourth-order valence-electron chi connectivity index (χ4n) is 2.84. The van der Waals surface area contributed by atoms with Gasteiger partial charge in [-0.15, -0.1) is 0 Å². The van der Waals surface area contributed by atoms with Gasteiger partial charge in [-0.3, -0.25) is 9.63 Å². The fourth-order valence-corrected chi connectivity index (χ4v) is 2.84. The third-order valence-corrected chi connectivity index (χ3v) is 3.92. The number of benzene rings is 2. The smallest absolute Gasteiger partial charge is 0.325 e. The Morgan fingerprint density at radius 1 is 1.09 bits per heavy atom. The van der Waals surface area contributed by atoms with Crippen LogP contribution in [0.15, 0.2) is 48.5 Å². The first kappa shape index (κ1) is 14.7. The molecule has 1 aliphatic rings. The number of aliphatic hydroxyl groups excluding tert-OH is 1. The van der Waals surface area contributed by atoms with Gasteiger partial charge in [0.1, 0.15) is 0 Å². The Hall–Kier alpha value is -2.21. The highest BCUT2D eigenvalue weighted by atomic mass is 16.6. The summed E-state index contributed by atoms with van der Waals surface area (Å²) in [6, 6.07) is 15.1. The average Bonchev–Trinajstić information content (AvgIpc) is 2.86. The Bertz CT molecular complexity index is 640. The van der Waals surface area contributed by atoms with Gasteiger partial charge in [0.25, 0.3) is 0 Å². The van der Waals surface area contributed by atoms with E-state index in [0.29, 0.717) is 6.61 Å². The highest BCUT2D eigenvalue weighted by molar-refractivity contribution is 5.78. The summed E-state index contributed by atoms with van der Waals surface area (Å²) < 4.78 is 0. The van der Waals surface area contributed by atoms with Crippen LogP contribution in [0.5, 0.6) is 0 Å². The zero-order chi connectivity index (χ0) is 15.5. The molecule has 0 spiro atoms. The van der Waals surface area contributed by atoms with E-state index in [4.69, 9.17) is 15.1 Å². The molecule has 5 heteroatoms. The molecule has 5 nitrogen and oxygen atoms in total. The van der Waals surface area contributed by atoms with Crippen LogP contribution in [0.3, 0.4) is 0 Å². The number of hydrogen-bond acceptors (Lipinski definition) is 4. The maximum Gasteiger partial charge on any atom is 0.325 e. The monoisotopic (exact) mass is 299 g/mol. The van der Waals surface area contributed by atoms with Gasteiger partial charge in [-0.05, 0) is 22.3 Å². The number of hydrogen-bond donors (Lipinski definition) is 3. The van der Waals surface area contributed by atoms with E-state index in [-0.39, 0.29) is 5.92 Å². The molecule has 3 N–H and O–H groups in total. The zero-order valence-corrected chi connectivity index (χ0v) is 11.9. The van der Waals surface area contributed by atoms with Gasteiger partial charge in [0.05, 0.1) is 13.2 Å². The Labute approximate surface area is 128 Å². The molecule has 0 saturated carbocycles. The number of fused-ring (bicyclic) bond motifs is 3. The second-order valence-electron chi connectivity index (χ2n) is 5.23. The minimum atomic E-state index is -1.14. The molecule has 0 bridgehead atoms. The number of carbonyl (C=O) groups is 1. The van der Waals surface area contributed by atoms with Crippen molar-refractivity contribution in [2.45, 2.75) is 12.0 Å². The lowest BCUT2D eigenvalue weighted by Gasteiger charge is -2.16. The minimum absolute atomic E-state index is 0.0491. The third-order valence-electron chi connectivity index (χ3n) is 3.92. The molecule has 0 fully saturated rings. The first-order valence-corrected chi connectivity index (χ1v) is 7.11. The maximum absolute atomic E-state index is 10.9. The lowest BCUT2D eigenvalue weighted by molar-refractivity contribution is -0.145.